The standard InChI is InChI=1S/C8H7Cl2F2NO/c1-14-5-2-6(10)13-7(8(11)12)4(5)3-9/h2,8H,3H2,1H3. The molecule has 0 atom stereocenters. The van der Waals surface area contributed by atoms with Crippen LogP contribution in [-0.4, -0.2) is 12.1 Å². The van der Waals surface area contributed by atoms with Gasteiger partial charge in [-0.15, -0.1) is 11.6 Å². The number of rotatable bonds is 3. The number of alkyl halides is 3. The van der Waals surface area contributed by atoms with Crippen molar-refractivity contribution < 1.29 is 13.5 Å². The van der Waals surface area contributed by atoms with Crippen molar-refractivity contribution >= 4 is 23.2 Å². The average molecular weight is 242 g/mol. The lowest BCUT2D eigenvalue weighted by molar-refractivity contribution is 0.144. The van der Waals surface area contributed by atoms with Gasteiger partial charge in [-0.25, -0.2) is 13.8 Å². The minimum absolute atomic E-state index is 0.0361. The van der Waals surface area contributed by atoms with Crippen LogP contribution < -0.4 is 4.74 Å². The molecule has 0 bridgehead atoms. The van der Waals surface area contributed by atoms with Gasteiger partial charge in [-0.2, -0.15) is 0 Å². The first-order valence-electron chi connectivity index (χ1n) is 3.67. The van der Waals surface area contributed by atoms with E-state index in [4.69, 9.17) is 27.9 Å². The normalized spacial score (nSPS) is 10.7. The fourth-order valence-corrected chi connectivity index (χ4v) is 1.49. The van der Waals surface area contributed by atoms with E-state index in [1.807, 2.05) is 0 Å². The molecule has 0 aliphatic heterocycles. The van der Waals surface area contributed by atoms with Crippen molar-refractivity contribution in [2.45, 2.75) is 12.3 Å². The molecule has 0 unspecified atom stereocenters. The van der Waals surface area contributed by atoms with Crippen molar-refractivity contribution in [3.63, 3.8) is 0 Å². The van der Waals surface area contributed by atoms with E-state index in [9.17, 15) is 8.78 Å². The molecule has 0 saturated heterocycles. The van der Waals surface area contributed by atoms with Crippen LogP contribution in [-0.2, 0) is 5.88 Å². The molecular formula is C8H7Cl2F2NO. The topological polar surface area (TPSA) is 22.1 Å². The molecule has 0 spiro atoms. The van der Waals surface area contributed by atoms with Gasteiger partial charge >= 0.3 is 0 Å². The second-order valence-corrected chi connectivity index (χ2v) is 3.10. The van der Waals surface area contributed by atoms with Gasteiger partial charge in [-0.05, 0) is 0 Å². The van der Waals surface area contributed by atoms with Crippen molar-refractivity contribution in [2.75, 3.05) is 7.11 Å². The quantitative estimate of drug-likeness (QED) is 0.598. The van der Waals surface area contributed by atoms with E-state index in [2.05, 4.69) is 4.98 Å². The zero-order valence-corrected chi connectivity index (χ0v) is 8.74. The summed E-state index contributed by atoms with van der Waals surface area (Å²) in [7, 11) is 1.36. The summed E-state index contributed by atoms with van der Waals surface area (Å²) in [5.74, 6) is 0.141. The van der Waals surface area contributed by atoms with Gasteiger partial charge in [0.25, 0.3) is 6.43 Å². The molecule has 1 aromatic rings. The Morgan fingerprint density at radius 3 is 2.64 bits per heavy atom. The molecule has 0 radical (unpaired) electrons. The summed E-state index contributed by atoms with van der Waals surface area (Å²) in [6.07, 6.45) is -2.71. The molecule has 1 heterocycles. The van der Waals surface area contributed by atoms with Crippen LogP contribution in [0.4, 0.5) is 8.78 Å². The molecule has 14 heavy (non-hydrogen) atoms. The molecule has 1 rings (SSSR count). The predicted molar refractivity (Wildman–Crippen MR) is 50.3 cm³/mol. The lowest BCUT2D eigenvalue weighted by Crippen LogP contribution is -2.00. The molecule has 78 valence electrons. The first kappa shape index (κ1) is 11.5. The lowest BCUT2D eigenvalue weighted by atomic mass is 10.2. The number of hydrogen-bond donors (Lipinski definition) is 0. The SMILES string of the molecule is COc1cc(Cl)nc(C(F)F)c1CCl. The Kier molecular flexibility index (Phi) is 3.89. The first-order chi connectivity index (χ1) is 6.60. The molecule has 2 nitrogen and oxygen atoms in total. The zero-order valence-electron chi connectivity index (χ0n) is 7.23. The van der Waals surface area contributed by atoms with Crippen molar-refractivity contribution in [1.82, 2.24) is 4.98 Å². The zero-order chi connectivity index (χ0) is 10.7. The second kappa shape index (κ2) is 4.75. The summed E-state index contributed by atoms with van der Waals surface area (Å²) < 4.78 is 29.8. The summed E-state index contributed by atoms with van der Waals surface area (Å²) in [5.41, 5.74) is -0.252. The monoisotopic (exact) mass is 241 g/mol. The number of halogens is 4. The van der Waals surface area contributed by atoms with Crippen LogP contribution in [0.25, 0.3) is 0 Å². The van der Waals surface area contributed by atoms with Crippen molar-refractivity contribution in [3.05, 3.63) is 22.5 Å². The minimum atomic E-state index is -2.71. The molecule has 0 amide bonds. The first-order valence-corrected chi connectivity index (χ1v) is 4.58. The van der Waals surface area contributed by atoms with E-state index in [-0.39, 0.29) is 22.3 Å². The maximum Gasteiger partial charge on any atom is 0.280 e. The smallest absolute Gasteiger partial charge is 0.280 e. The van der Waals surface area contributed by atoms with Crippen LogP contribution in [0.15, 0.2) is 6.07 Å². The van der Waals surface area contributed by atoms with Crippen molar-refractivity contribution in [3.8, 4) is 5.75 Å². The number of hydrogen-bond acceptors (Lipinski definition) is 2. The highest BCUT2D eigenvalue weighted by atomic mass is 35.5. The highest BCUT2D eigenvalue weighted by molar-refractivity contribution is 6.29. The Morgan fingerprint density at radius 1 is 1.57 bits per heavy atom. The summed E-state index contributed by atoms with van der Waals surface area (Å²) in [6, 6.07) is 1.35. The summed E-state index contributed by atoms with van der Waals surface area (Å²) >= 11 is 11.1. The third-order valence-corrected chi connectivity index (χ3v) is 2.11. The fraction of sp³-hybridized carbons (Fsp3) is 0.375. The van der Waals surface area contributed by atoms with E-state index in [0.29, 0.717) is 0 Å². The van der Waals surface area contributed by atoms with Gasteiger partial charge in [0, 0.05) is 11.6 Å². The summed E-state index contributed by atoms with van der Waals surface area (Å²) in [5, 5.41) is -0.0361. The molecule has 0 aliphatic carbocycles. The van der Waals surface area contributed by atoms with Crippen LogP contribution in [0.5, 0.6) is 5.75 Å². The largest absolute Gasteiger partial charge is 0.496 e. The van der Waals surface area contributed by atoms with Gasteiger partial charge in [-0.1, -0.05) is 11.6 Å². The molecular weight excluding hydrogens is 235 g/mol. The van der Waals surface area contributed by atoms with Crippen LogP contribution in [0.2, 0.25) is 5.15 Å². The predicted octanol–water partition coefficient (Wildman–Crippen LogP) is 3.42. The number of methoxy groups -OCH3 is 1. The number of pyridine rings is 1. The van der Waals surface area contributed by atoms with Crippen LogP contribution in [0.3, 0.4) is 0 Å². The van der Waals surface area contributed by atoms with E-state index in [1.54, 1.807) is 0 Å². The summed E-state index contributed by atoms with van der Waals surface area (Å²) in [4.78, 5) is 3.50. The molecule has 0 N–H and O–H groups in total. The molecule has 1 aromatic heterocycles. The maximum atomic E-state index is 12.5. The van der Waals surface area contributed by atoms with E-state index in [1.165, 1.54) is 13.2 Å². The molecule has 0 aliphatic rings. The number of aromatic nitrogens is 1. The van der Waals surface area contributed by atoms with Gasteiger partial charge in [0.05, 0.1) is 13.0 Å². The average Bonchev–Trinajstić information content (AvgIpc) is 2.16. The third-order valence-electron chi connectivity index (χ3n) is 1.64. The van der Waals surface area contributed by atoms with Crippen molar-refractivity contribution in [1.29, 1.82) is 0 Å². The molecule has 0 aromatic carbocycles. The van der Waals surface area contributed by atoms with Gasteiger partial charge in [0.2, 0.25) is 0 Å². The lowest BCUT2D eigenvalue weighted by Gasteiger charge is -2.10. The Labute approximate surface area is 89.8 Å². The van der Waals surface area contributed by atoms with Gasteiger partial charge in [0.1, 0.15) is 16.6 Å². The fourth-order valence-electron chi connectivity index (χ4n) is 1.03. The van der Waals surface area contributed by atoms with E-state index >= 15 is 0 Å². The van der Waals surface area contributed by atoms with Crippen LogP contribution in [0.1, 0.15) is 17.7 Å². The van der Waals surface area contributed by atoms with Gasteiger partial charge in [0.15, 0.2) is 0 Å². The minimum Gasteiger partial charge on any atom is -0.496 e. The van der Waals surface area contributed by atoms with E-state index < -0.39 is 12.1 Å². The van der Waals surface area contributed by atoms with Gasteiger partial charge in [-0.3, -0.25) is 0 Å². The van der Waals surface area contributed by atoms with Crippen LogP contribution in [0, 0.1) is 0 Å². The highest BCUT2D eigenvalue weighted by Gasteiger charge is 2.19. The Morgan fingerprint density at radius 2 is 2.21 bits per heavy atom. The Balaban J connectivity index is 3.31. The molecule has 6 heteroatoms. The van der Waals surface area contributed by atoms with E-state index in [0.717, 1.165) is 0 Å². The molecule has 0 fully saturated rings. The number of ether oxygens (including phenoxy) is 1. The molecule has 0 saturated carbocycles. The van der Waals surface area contributed by atoms with Crippen LogP contribution >= 0.6 is 23.2 Å². The second-order valence-electron chi connectivity index (χ2n) is 2.45. The maximum absolute atomic E-state index is 12.5. The van der Waals surface area contributed by atoms with Crippen molar-refractivity contribution in [2.24, 2.45) is 0 Å². The highest BCUT2D eigenvalue weighted by Crippen LogP contribution is 2.31. The third kappa shape index (κ3) is 2.25. The number of nitrogens with zero attached hydrogens (tertiary/aromatic N) is 1. The Bertz CT molecular complexity index is 333. The Hall–Kier alpha value is -0.610. The summed E-state index contributed by atoms with van der Waals surface area (Å²) in [6.45, 7) is 0. The van der Waals surface area contributed by atoms with Gasteiger partial charge < -0.3 is 4.74 Å².